The van der Waals surface area contributed by atoms with Gasteiger partial charge in [-0.15, -0.1) is 7.42 Å². The summed E-state index contributed by atoms with van der Waals surface area (Å²) in [4.78, 5) is 0. The SMILES string of the molecule is CC(C)(C)[Si](P=P[P-][Si](C(C)(C)C)(C(C)(C)C)C(C)(C)C)(C(C)(C)C)C(C)(C)C. The van der Waals surface area contributed by atoms with Crippen molar-refractivity contribution in [2.24, 2.45) is 0 Å². The first kappa shape index (κ1) is 30.5. The molecule has 0 aromatic rings. The van der Waals surface area contributed by atoms with E-state index in [1.165, 1.54) is 0 Å². The van der Waals surface area contributed by atoms with Crippen LogP contribution in [0.5, 0.6) is 0 Å². The Balaban J connectivity index is 6.86. The predicted molar refractivity (Wildman–Crippen MR) is 151 cm³/mol. The molecule has 0 rings (SSSR count). The van der Waals surface area contributed by atoms with Crippen LogP contribution in [0.4, 0.5) is 0 Å². The van der Waals surface area contributed by atoms with E-state index in [0.29, 0.717) is 30.2 Å². The highest BCUT2D eigenvalue weighted by atomic mass is 32.3. The molecule has 174 valence electrons. The van der Waals surface area contributed by atoms with Crippen LogP contribution in [0.3, 0.4) is 0 Å². The quantitative estimate of drug-likeness (QED) is 0.272. The Kier molecular flexibility index (Phi) is 9.11. The predicted octanol–water partition coefficient (Wildman–Crippen LogP) is 12.3. The fourth-order valence-corrected chi connectivity index (χ4v) is 60.9. The van der Waals surface area contributed by atoms with Gasteiger partial charge in [-0.1, -0.05) is 147 Å². The van der Waals surface area contributed by atoms with Crippen molar-refractivity contribution in [3.05, 3.63) is 0 Å². The highest BCUT2D eigenvalue weighted by Gasteiger charge is 2.59. The molecule has 0 aliphatic carbocycles. The molecular weight excluding hydrogens is 437 g/mol. The Labute approximate surface area is 192 Å². The Morgan fingerprint density at radius 2 is 0.655 bits per heavy atom. The van der Waals surface area contributed by atoms with Crippen LogP contribution in [-0.4, -0.2) is 15.5 Å². The van der Waals surface area contributed by atoms with Gasteiger partial charge in [0.2, 0.25) is 0 Å². The lowest BCUT2D eigenvalue weighted by Crippen LogP contribution is -2.54. The lowest BCUT2D eigenvalue weighted by Gasteiger charge is -2.68. The average molecular weight is 492 g/mol. The third kappa shape index (κ3) is 5.52. The van der Waals surface area contributed by atoms with E-state index in [2.05, 4.69) is 125 Å². The molecule has 0 heterocycles. The van der Waals surface area contributed by atoms with Crippen LogP contribution >= 0.6 is 22.8 Å². The van der Waals surface area contributed by atoms with Crippen LogP contribution in [0.1, 0.15) is 125 Å². The molecule has 0 aliphatic rings. The van der Waals surface area contributed by atoms with Crippen molar-refractivity contribution in [2.45, 2.75) is 155 Å². The fourth-order valence-electron chi connectivity index (χ4n) is 7.81. The third-order valence-corrected chi connectivity index (χ3v) is 47.0. The van der Waals surface area contributed by atoms with E-state index in [1.54, 1.807) is 22.8 Å². The second kappa shape index (κ2) is 8.67. The summed E-state index contributed by atoms with van der Waals surface area (Å²) in [6.07, 6.45) is 0. The minimum absolute atomic E-state index is 0.378. The summed E-state index contributed by atoms with van der Waals surface area (Å²) in [5.74, 6) is 0. The van der Waals surface area contributed by atoms with Crippen LogP contribution in [0.25, 0.3) is 0 Å². The summed E-state index contributed by atoms with van der Waals surface area (Å²) < 4.78 is 0. The van der Waals surface area contributed by atoms with Gasteiger partial charge in [-0.2, -0.15) is 0 Å². The van der Waals surface area contributed by atoms with Crippen molar-refractivity contribution >= 4 is 38.3 Å². The van der Waals surface area contributed by atoms with Crippen molar-refractivity contribution in [1.29, 1.82) is 0 Å². The molecule has 0 amide bonds. The van der Waals surface area contributed by atoms with E-state index in [-0.39, 0.29) is 0 Å². The second-order valence-corrected chi connectivity index (χ2v) is 38.6. The molecule has 0 saturated heterocycles. The van der Waals surface area contributed by atoms with Crippen LogP contribution in [0.2, 0.25) is 30.2 Å². The lowest BCUT2D eigenvalue weighted by atomic mass is 10.2. The first-order valence-corrected chi connectivity index (χ1v) is 21.1. The van der Waals surface area contributed by atoms with E-state index in [0.717, 1.165) is 0 Å². The Morgan fingerprint density at radius 1 is 0.414 bits per heavy atom. The smallest absolute Gasteiger partial charge is 0.129 e. The van der Waals surface area contributed by atoms with Crippen LogP contribution in [0, 0.1) is 0 Å². The highest BCUT2D eigenvalue weighted by molar-refractivity contribution is 8.41. The number of rotatable bonds is 3. The zero-order valence-electron chi connectivity index (χ0n) is 23.3. The van der Waals surface area contributed by atoms with Gasteiger partial charge in [0.05, 0.1) is 0 Å². The molecule has 29 heavy (non-hydrogen) atoms. The van der Waals surface area contributed by atoms with Crippen molar-refractivity contribution in [1.82, 2.24) is 0 Å². The lowest BCUT2D eigenvalue weighted by molar-refractivity contribution is 0.558. The van der Waals surface area contributed by atoms with Crippen molar-refractivity contribution in [3.63, 3.8) is 0 Å². The average Bonchev–Trinajstić information content (AvgIpc) is 2.27. The minimum Gasteiger partial charge on any atom is -0.473 e. The van der Waals surface area contributed by atoms with Gasteiger partial charge < -0.3 is 7.82 Å². The molecule has 0 aromatic carbocycles. The molecule has 0 unspecified atom stereocenters. The first-order chi connectivity index (χ1) is 12.2. The van der Waals surface area contributed by atoms with E-state index < -0.39 is 15.5 Å². The first-order valence-electron chi connectivity index (χ1n) is 11.3. The standard InChI is InChI=1S/C24H54P3Si2/c1-19(2,3)28(20(4,5)6,21(7,8)9)26-25-27-29(22(10,11)12,23(13,14)15)24(16,17)18/h1-18H3/q-1. The van der Waals surface area contributed by atoms with Crippen LogP contribution in [-0.2, 0) is 0 Å². The fraction of sp³-hybridized carbons (Fsp3) is 1.00. The van der Waals surface area contributed by atoms with E-state index in [4.69, 9.17) is 0 Å². The van der Waals surface area contributed by atoms with Gasteiger partial charge >= 0.3 is 0 Å². The molecule has 0 saturated carbocycles. The zero-order chi connectivity index (χ0) is 24.1. The van der Waals surface area contributed by atoms with Crippen LogP contribution < -0.4 is 0 Å². The van der Waals surface area contributed by atoms with E-state index in [9.17, 15) is 0 Å². The molecular formula is C24H54P3Si2-. The maximum atomic E-state index is 2.54. The summed E-state index contributed by atoms with van der Waals surface area (Å²) in [6.45, 7) is 45.7. The molecule has 0 spiro atoms. The Hall–Kier alpha value is 1.46. The summed E-state index contributed by atoms with van der Waals surface area (Å²) in [7, 11) is 1.76. The van der Waals surface area contributed by atoms with Gasteiger partial charge in [0.15, 0.2) is 0 Å². The molecule has 5 heteroatoms. The molecule has 0 radical (unpaired) electrons. The molecule has 0 atom stereocenters. The summed E-state index contributed by atoms with van der Waals surface area (Å²) >= 11 is 0. The Morgan fingerprint density at radius 3 is 0.828 bits per heavy atom. The largest absolute Gasteiger partial charge is 0.473 e. The zero-order valence-corrected chi connectivity index (χ0v) is 28.0. The monoisotopic (exact) mass is 491 g/mol. The van der Waals surface area contributed by atoms with Gasteiger partial charge in [-0.3, -0.25) is 7.56 Å². The van der Waals surface area contributed by atoms with Crippen molar-refractivity contribution < 1.29 is 0 Å². The summed E-state index contributed by atoms with van der Waals surface area (Å²) in [5, 5.41) is 2.27. The summed E-state index contributed by atoms with van der Waals surface area (Å²) in [6, 6.07) is 0. The maximum absolute atomic E-state index is 2.54. The number of hydrogen-bond acceptors (Lipinski definition) is 0. The normalized spacial score (nSPS) is 17.0. The number of hydrogen-bond donors (Lipinski definition) is 0. The Bertz CT molecular complexity index is 508. The van der Waals surface area contributed by atoms with Gasteiger partial charge in [-0.05, 0) is 15.1 Å². The van der Waals surface area contributed by atoms with E-state index in [1.807, 2.05) is 0 Å². The van der Waals surface area contributed by atoms with Gasteiger partial charge in [0.25, 0.3) is 0 Å². The van der Waals surface area contributed by atoms with Gasteiger partial charge in [0, 0.05) is 0 Å². The van der Waals surface area contributed by atoms with Gasteiger partial charge in [-0.25, -0.2) is 0 Å². The van der Waals surface area contributed by atoms with E-state index >= 15 is 0 Å². The minimum atomic E-state index is -1.70. The molecule has 0 nitrogen and oxygen atoms in total. The molecule has 0 N–H and O–H groups in total. The highest BCUT2D eigenvalue weighted by Crippen LogP contribution is 2.76. The third-order valence-electron chi connectivity index (χ3n) is 6.90. The summed E-state index contributed by atoms with van der Waals surface area (Å²) in [5.41, 5.74) is 0. The molecule has 0 aromatic heterocycles. The van der Waals surface area contributed by atoms with Crippen molar-refractivity contribution in [3.8, 4) is 0 Å². The molecule has 0 fully saturated rings. The topological polar surface area (TPSA) is 0 Å². The van der Waals surface area contributed by atoms with Gasteiger partial charge in [0.1, 0.15) is 7.74 Å². The van der Waals surface area contributed by atoms with Crippen LogP contribution in [0.15, 0.2) is 0 Å². The second-order valence-electron chi connectivity index (χ2n) is 15.2. The van der Waals surface area contributed by atoms with Crippen molar-refractivity contribution in [2.75, 3.05) is 0 Å². The molecule has 0 bridgehead atoms. The maximum Gasteiger partial charge on any atom is 0.129 e. The molecule has 0 aliphatic heterocycles.